The van der Waals surface area contributed by atoms with E-state index in [2.05, 4.69) is 5.32 Å². The summed E-state index contributed by atoms with van der Waals surface area (Å²) in [5.74, 6) is -2.08. The molecule has 2 aromatic carbocycles. The number of amides is 2. The van der Waals surface area contributed by atoms with Crippen molar-refractivity contribution >= 4 is 39.3 Å². The van der Waals surface area contributed by atoms with E-state index >= 15 is 0 Å². The molecule has 2 amide bonds. The summed E-state index contributed by atoms with van der Waals surface area (Å²) in [5.41, 5.74) is 0.637. The summed E-state index contributed by atoms with van der Waals surface area (Å²) in [5, 5.41) is 3.42. The van der Waals surface area contributed by atoms with Crippen LogP contribution in [-0.4, -0.2) is 61.1 Å². The number of carbonyl (C=O) groups is 2. The molecule has 11 heteroatoms. The lowest BCUT2D eigenvalue weighted by atomic mass is 9.94. The van der Waals surface area contributed by atoms with Crippen LogP contribution in [0, 0.1) is 11.7 Å². The molecular weight excluding hydrogens is 531 g/mol. The van der Waals surface area contributed by atoms with Crippen LogP contribution in [0.3, 0.4) is 0 Å². The van der Waals surface area contributed by atoms with E-state index in [9.17, 15) is 22.4 Å². The van der Waals surface area contributed by atoms with E-state index < -0.39 is 39.8 Å². The van der Waals surface area contributed by atoms with E-state index in [4.69, 9.17) is 11.6 Å². The molecule has 204 valence electrons. The Hall–Kier alpha value is -2.53. The van der Waals surface area contributed by atoms with Gasteiger partial charge < -0.3 is 5.32 Å². The van der Waals surface area contributed by atoms with Gasteiger partial charge in [-0.25, -0.2) is 4.39 Å². The van der Waals surface area contributed by atoms with Gasteiger partial charge in [0.2, 0.25) is 11.8 Å². The van der Waals surface area contributed by atoms with Gasteiger partial charge in [-0.1, -0.05) is 55.1 Å². The molecule has 2 heterocycles. The van der Waals surface area contributed by atoms with E-state index in [0.29, 0.717) is 30.1 Å². The van der Waals surface area contributed by atoms with Crippen molar-refractivity contribution in [2.75, 3.05) is 31.1 Å². The number of anilines is 1. The largest absolute Gasteiger partial charge is 0.351 e. The normalized spacial score (nSPS) is 21.7. The molecule has 0 radical (unpaired) electrons. The van der Waals surface area contributed by atoms with Gasteiger partial charge in [0, 0.05) is 48.5 Å². The maximum Gasteiger partial charge on any atom is 0.282 e. The van der Waals surface area contributed by atoms with E-state index in [1.807, 2.05) is 0 Å². The number of nitrogens with zero attached hydrogens (tertiary/aromatic N) is 3. The highest BCUT2D eigenvalue weighted by Crippen LogP contribution is 2.36. The molecule has 5 rings (SSSR count). The Morgan fingerprint density at radius 1 is 0.974 bits per heavy atom. The first-order valence-electron chi connectivity index (χ1n) is 13.1. The van der Waals surface area contributed by atoms with Crippen LogP contribution in [0.2, 0.25) is 5.02 Å². The average molecular weight is 563 g/mol. The summed E-state index contributed by atoms with van der Waals surface area (Å²) in [6.45, 7) is 1.16. The minimum Gasteiger partial charge on any atom is -0.351 e. The highest BCUT2D eigenvalue weighted by atomic mass is 35.5. The molecule has 0 bridgehead atoms. The fraction of sp³-hybridized carbons (Fsp3) is 0.481. The van der Waals surface area contributed by atoms with Gasteiger partial charge >= 0.3 is 0 Å². The second-order valence-corrected chi connectivity index (χ2v) is 12.5. The van der Waals surface area contributed by atoms with Crippen LogP contribution in [0.1, 0.15) is 50.1 Å². The Bertz CT molecular complexity index is 1300. The lowest BCUT2D eigenvalue weighted by molar-refractivity contribution is -0.128. The van der Waals surface area contributed by atoms with Gasteiger partial charge in [-0.2, -0.15) is 17.0 Å². The van der Waals surface area contributed by atoms with Crippen molar-refractivity contribution in [3.05, 3.63) is 64.9 Å². The lowest BCUT2D eigenvalue weighted by Gasteiger charge is -2.35. The molecule has 1 N–H and O–H groups in total. The number of benzene rings is 2. The molecular formula is C27H32ClFN4O4S. The molecule has 8 nitrogen and oxygen atoms in total. The van der Waals surface area contributed by atoms with Gasteiger partial charge in [0.05, 0.1) is 5.92 Å². The Morgan fingerprint density at radius 3 is 2.39 bits per heavy atom. The number of carbonyl (C=O) groups excluding carboxylic acids is 2. The Kier molecular flexibility index (Phi) is 8.04. The van der Waals surface area contributed by atoms with Crippen LogP contribution in [0.4, 0.5) is 10.1 Å². The fourth-order valence-electron chi connectivity index (χ4n) is 5.42. The smallest absolute Gasteiger partial charge is 0.282 e. The second kappa shape index (κ2) is 11.3. The summed E-state index contributed by atoms with van der Waals surface area (Å²) >= 11 is 6.57. The van der Waals surface area contributed by atoms with E-state index in [1.165, 1.54) is 31.7 Å². The SMILES string of the molecule is O=C(NC1CCCCC1)C(c1ccccc1Cl)N(C(=O)C1CCN(S(=O)(=O)N2CC2)C1)c1cccc(F)c1. The van der Waals surface area contributed by atoms with E-state index in [-0.39, 0.29) is 24.8 Å². The fourth-order valence-corrected chi connectivity index (χ4v) is 7.24. The van der Waals surface area contributed by atoms with E-state index in [1.54, 1.807) is 30.3 Å². The van der Waals surface area contributed by atoms with Gasteiger partial charge in [0.1, 0.15) is 11.9 Å². The summed E-state index contributed by atoms with van der Waals surface area (Å²) in [4.78, 5) is 29.4. The van der Waals surface area contributed by atoms with Crippen LogP contribution in [0.15, 0.2) is 48.5 Å². The van der Waals surface area contributed by atoms with Crippen molar-refractivity contribution in [2.45, 2.75) is 50.6 Å². The first-order valence-corrected chi connectivity index (χ1v) is 14.9. The molecule has 2 aromatic rings. The standard InChI is InChI=1S/C27H32ClFN4O4S/c28-24-12-5-4-11-23(24)25(26(34)30-21-8-2-1-3-9-21)33(22-10-6-7-20(29)17-22)27(35)19-13-14-32(18-19)38(36,37)31-15-16-31/h4-7,10-12,17,19,21,25H,1-3,8-9,13-16,18H2,(H,30,34). The monoisotopic (exact) mass is 562 g/mol. The van der Waals surface area contributed by atoms with Gasteiger partial charge in [0.25, 0.3) is 10.2 Å². The average Bonchev–Trinajstić information content (AvgIpc) is 3.65. The van der Waals surface area contributed by atoms with Crippen LogP contribution >= 0.6 is 11.6 Å². The Balaban J connectivity index is 1.52. The van der Waals surface area contributed by atoms with Crippen molar-refractivity contribution in [2.24, 2.45) is 5.92 Å². The molecule has 2 saturated heterocycles. The Labute approximate surface area is 227 Å². The zero-order valence-corrected chi connectivity index (χ0v) is 22.6. The predicted molar refractivity (Wildman–Crippen MR) is 143 cm³/mol. The van der Waals surface area contributed by atoms with Crippen LogP contribution < -0.4 is 10.2 Å². The molecule has 2 unspecified atom stereocenters. The molecule has 38 heavy (non-hydrogen) atoms. The van der Waals surface area contributed by atoms with Crippen molar-refractivity contribution in [3.8, 4) is 0 Å². The van der Waals surface area contributed by atoms with E-state index in [0.717, 1.165) is 32.1 Å². The number of nitrogens with one attached hydrogen (secondary N) is 1. The summed E-state index contributed by atoms with van der Waals surface area (Å²) in [6.07, 6.45) is 5.14. The van der Waals surface area contributed by atoms with Gasteiger partial charge in [-0.05, 0) is 43.5 Å². The lowest BCUT2D eigenvalue weighted by Crippen LogP contribution is -2.49. The number of hydrogen-bond donors (Lipinski definition) is 1. The highest BCUT2D eigenvalue weighted by Gasteiger charge is 2.45. The number of halogens is 2. The molecule has 2 atom stereocenters. The maximum absolute atomic E-state index is 14.4. The third-order valence-electron chi connectivity index (χ3n) is 7.54. The van der Waals surface area contributed by atoms with Crippen molar-refractivity contribution in [1.82, 2.24) is 13.9 Å². The predicted octanol–water partition coefficient (Wildman–Crippen LogP) is 3.88. The maximum atomic E-state index is 14.4. The summed E-state index contributed by atoms with van der Waals surface area (Å²) in [7, 11) is -3.61. The van der Waals surface area contributed by atoms with Gasteiger partial charge in [0.15, 0.2) is 0 Å². The van der Waals surface area contributed by atoms with Crippen molar-refractivity contribution < 1.29 is 22.4 Å². The Morgan fingerprint density at radius 2 is 1.71 bits per heavy atom. The van der Waals surface area contributed by atoms with Crippen molar-refractivity contribution in [1.29, 1.82) is 0 Å². The molecule has 0 aromatic heterocycles. The summed E-state index contributed by atoms with van der Waals surface area (Å²) in [6, 6.07) is 11.2. The number of hydrogen-bond acceptors (Lipinski definition) is 4. The van der Waals surface area contributed by atoms with Gasteiger partial charge in [-0.15, -0.1) is 0 Å². The zero-order valence-electron chi connectivity index (χ0n) is 21.1. The molecule has 1 saturated carbocycles. The van der Waals surface area contributed by atoms with Gasteiger partial charge in [-0.3, -0.25) is 14.5 Å². The van der Waals surface area contributed by atoms with Crippen LogP contribution in [0.5, 0.6) is 0 Å². The third-order valence-corrected chi connectivity index (χ3v) is 9.89. The first-order chi connectivity index (χ1) is 18.3. The molecule has 1 aliphatic carbocycles. The minimum absolute atomic E-state index is 0.00294. The summed E-state index contributed by atoms with van der Waals surface area (Å²) < 4.78 is 42.7. The third kappa shape index (κ3) is 5.73. The second-order valence-electron chi connectivity index (χ2n) is 10.2. The molecule has 3 fully saturated rings. The number of rotatable bonds is 8. The topological polar surface area (TPSA) is 89.8 Å². The van der Waals surface area contributed by atoms with Crippen LogP contribution in [0.25, 0.3) is 0 Å². The molecule has 3 aliphatic rings. The van der Waals surface area contributed by atoms with Crippen LogP contribution in [-0.2, 0) is 19.8 Å². The minimum atomic E-state index is -3.61. The van der Waals surface area contributed by atoms with Crippen molar-refractivity contribution in [3.63, 3.8) is 0 Å². The molecule has 0 spiro atoms. The zero-order chi connectivity index (χ0) is 26.9. The quantitative estimate of drug-likeness (QED) is 0.494. The molecule has 2 aliphatic heterocycles. The highest BCUT2D eigenvalue weighted by molar-refractivity contribution is 7.87. The first kappa shape index (κ1) is 27.1.